The molecule has 0 aromatic heterocycles. The van der Waals surface area contributed by atoms with E-state index in [9.17, 15) is 4.79 Å². The van der Waals surface area contributed by atoms with Crippen molar-refractivity contribution in [1.82, 2.24) is 4.90 Å². The summed E-state index contributed by atoms with van der Waals surface area (Å²) in [5.74, 6) is 1.56. The second-order valence-corrected chi connectivity index (χ2v) is 8.37. The fourth-order valence-electron chi connectivity index (χ4n) is 5.03. The van der Waals surface area contributed by atoms with Gasteiger partial charge in [-0.1, -0.05) is 42.5 Å². The summed E-state index contributed by atoms with van der Waals surface area (Å²) in [6.45, 7) is 3.30. The van der Waals surface area contributed by atoms with Crippen LogP contribution in [0.3, 0.4) is 0 Å². The normalized spacial score (nSPS) is 18.5. The lowest BCUT2D eigenvalue weighted by Crippen LogP contribution is -2.49. The highest BCUT2D eigenvalue weighted by Gasteiger charge is 2.28. The number of benzene rings is 3. The predicted octanol–water partition coefficient (Wildman–Crippen LogP) is 4.62. The number of ether oxygens (including phenoxy) is 1. The summed E-state index contributed by atoms with van der Waals surface area (Å²) in [6.07, 6.45) is 2.85. The lowest BCUT2D eigenvalue weighted by atomic mass is 9.97. The van der Waals surface area contributed by atoms with Crippen molar-refractivity contribution in [3.05, 3.63) is 71.8 Å². The third kappa shape index (κ3) is 3.51. The van der Waals surface area contributed by atoms with Crippen LogP contribution in [0, 0.1) is 0 Å². The first-order chi connectivity index (χ1) is 14.7. The number of amides is 1. The third-order valence-corrected chi connectivity index (χ3v) is 6.72. The molecule has 5 rings (SSSR count). The van der Waals surface area contributed by atoms with Crippen LogP contribution < -0.4 is 9.64 Å². The Morgan fingerprint density at radius 2 is 1.83 bits per heavy atom. The van der Waals surface area contributed by atoms with Crippen molar-refractivity contribution in [2.24, 2.45) is 0 Å². The molecule has 4 nitrogen and oxygen atoms in total. The topological polar surface area (TPSA) is 32.8 Å². The second-order valence-electron chi connectivity index (χ2n) is 8.37. The second kappa shape index (κ2) is 8.02. The number of rotatable bonds is 4. The molecule has 1 unspecified atom stereocenters. The maximum Gasteiger partial charge on any atom is 0.223 e. The van der Waals surface area contributed by atoms with Gasteiger partial charge in [0.1, 0.15) is 5.75 Å². The van der Waals surface area contributed by atoms with Gasteiger partial charge in [-0.05, 0) is 53.5 Å². The van der Waals surface area contributed by atoms with Crippen LogP contribution in [0.15, 0.2) is 60.7 Å². The van der Waals surface area contributed by atoms with Crippen LogP contribution in [0.4, 0.5) is 5.69 Å². The highest BCUT2D eigenvalue weighted by Crippen LogP contribution is 2.36. The van der Waals surface area contributed by atoms with E-state index in [0.717, 1.165) is 44.8 Å². The van der Waals surface area contributed by atoms with E-state index in [2.05, 4.69) is 64.4 Å². The van der Waals surface area contributed by atoms with Crippen LogP contribution >= 0.6 is 0 Å². The van der Waals surface area contributed by atoms with Gasteiger partial charge in [-0.25, -0.2) is 0 Å². The number of nitrogens with zero attached hydrogens (tertiary/aromatic N) is 2. The lowest BCUT2D eigenvalue weighted by molar-refractivity contribution is -0.131. The fourth-order valence-corrected chi connectivity index (χ4v) is 5.03. The maximum atomic E-state index is 13.0. The van der Waals surface area contributed by atoms with Crippen LogP contribution in [-0.2, 0) is 11.2 Å². The zero-order valence-electron chi connectivity index (χ0n) is 17.5. The molecular formula is C26H28N2O2. The lowest BCUT2D eigenvalue weighted by Gasteiger charge is -2.37. The molecule has 1 aliphatic carbocycles. The Labute approximate surface area is 178 Å². The molecule has 1 saturated heterocycles. The number of methoxy groups -OCH3 is 1. The Kier molecular flexibility index (Phi) is 5.07. The summed E-state index contributed by atoms with van der Waals surface area (Å²) in [4.78, 5) is 17.5. The van der Waals surface area contributed by atoms with Gasteiger partial charge in [0.05, 0.1) is 7.11 Å². The Bertz CT molecular complexity index is 1070. The molecule has 3 aromatic rings. The van der Waals surface area contributed by atoms with Crippen LogP contribution in [-0.4, -0.2) is 44.1 Å². The number of hydrogen-bond acceptors (Lipinski definition) is 3. The summed E-state index contributed by atoms with van der Waals surface area (Å²) >= 11 is 0. The maximum absolute atomic E-state index is 13.0. The minimum Gasteiger partial charge on any atom is -0.497 e. The average molecular weight is 401 g/mol. The van der Waals surface area contributed by atoms with Crippen LogP contribution in [0.2, 0.25) is 0 Å². The number of aryl methyl sites for hydroxylation is 1. The Balaban J connectivity index is 1.26. The molecule has 0 spiro atoms. The monoisotopic (exact) mass is 400 g/mol. The number of carbonyl (C=O) groups excluding carboxylic acids is 1. The average Bonchev–Trinajstić information content (AvgIpc) is 3.21. The first kappa shape index (κ1) is 19.0. The van der Waals surface area contributed by atoms with Crippen molar-refractivity contribution >= 4 is 22.4 Å². The SMILES string of the molecule is COc1ccc2cccc(N3CCN(C(=O)CC4CCc5ccccc54)CC3)c2c1. The number of fused-ring (bicyclic) bond motifs is 2. The van der Waals surface area contributed by atoms with E-state index in [1.807, 2.05) is 6.07 Å². The van der Waals surface area contributed by atoms with Gasteiger partial charge in [0.2, 0.25) is 5.91 Å². The molecule has 154 valence electrons. The van der Waals surface area contributed by atoms with Crippen molar-refractivity contribution in [1.29, 1.82) is 0 Å². The van der Waals surface area contributed by atoms with Gasteiger partial charge in [0.15, 0.2) is 0 Å². The van der Waals surface area contributed by atoms with Crippen molar-refractivity contribution in [3.8, 4) is 5.75 Å². The molecule has 0 N–H and O–H groups in total. The molecule has 0 saturated carbocycles. The summed E-state index contributed by atoms with van der Waals surface area (Å²) in [5.41, 5.74) is 4.03. The van der Waals surface area contributed by atoms with Crippen molar-refractivity contribution in [2.75, 3.05) is 38.2 Å². The van der Waals surface area contributed by atoms with Crippen molar-refractivity contribution < 1.29 is 9.53 Å². The quantitative estimate of drug-likeness (QED) is 0.641. The molecule has 1 fully saturated rings. The van der Waals surface area contributed by atoms with E-state index in [4.69, 9.17) is 4.74 Å². The Morgan fingerprint density at radius 1 is 1.00 bits per heavy atom. The standard InChI is InChI=1S/C26H28N2O2/c1-30-22-12-11-20-6-4-8-25(24(20)18-22)27-13-15-28(16-14-27)26(29)17-21-10-9-19-5-2-3-7-23(19)21/h2-8,11-12,18,21H,9-10,13-17H2,1H3. The minimum atomic E-state index is 0.302. The van der Waals surface area contributed by atoms with Crippen molar-refractivity contribution in [3.63, 3.8) is 0 Å². The molecule has 0 bridgehead atoms. The third-order valence-electron chi connectivity index (χ3n) is 6.72. The molecule has 1 amide bonds. The van der Waals surface area contributed by atoms with Crippen LogP contribution in [0.5, 0.6) is 5.75 Å². The molecule has 30 heavy (non-hydrogen) atoms. The van der Waals surface area contributed by atoms with Gasteiger partial charge in [-0.2, -0.15) is 0 Å². The Hall–Kier alpha value is -3.01. The minimum absolute atomic E-state index is 0.302. The van der Waals surface area contributed by atoms with Crippen molar-refractivity contribution in [2.45, 2.75) is 25.2 Å². The van der Waals surface area contributed by atoms with Crippen LogP contribution in [0.25, 0.3) is 10.8 Å². The Morgan fingerprint density at radius 3 is 2.67 bits per heavy atom. The van der Waals surface area contributed by atoms with E-state index in [0.29, 0.717) is 18.2 Å². The predicted molar refractivity (Wildman–Crippen MR) is 121 cm³/mol. The van der Waals surface area contributed by atoms with Gasteiger partial charge in [0, 0.05) is 43.7 Å². The summed E-state index contributed by atoms with van der Waals surface area (Å²) < 4.78 is 5.43. The van der Waals surface area contributed by atoms with E-state index < -0.39 is 0 Å². The van der Waals surface area contributed by atoms with E-state index in [1.54, 1.807) is 7.11 Å². The zero-order chi connectivity index (χ0) is 20.5. The zero-order valence-corrected chi connectivity index (χ0v) is 17.5. The molecule has 1 aliphatic heterocycles. The fraction of sp³-hybridized carbons (Fsp3) is 0.346. The highest BCUT2D eigenvalue weighted by atomic mass is 16.5. The molecule has 3 aromatic carbocycles. The first-order valence-electron chi connectivity index (χ1n) is 10.9. The number of piperazine rings is 1. The summed E-state index contributed by atoms with van der Waals surface area (Å²) in [6, 6.07) is 21.3. The van der Waals surface area contributed by atoms with E-state index in [-0.39, 0.29) is 0 Å². The highest BCUT2D eigenvalue weighted by molar-refractivity contribution is 5.95. The molecule has 1 atom stereocenters. The van der Waals surface area contributed by atoms with Gasteiger partial charge >= 0.3 is 0 Å². The van der Waals surface area contributed by atoms with E-state index in [1.165, 1.54) is 27.6 Å². The van der Waals surface area contributed by atoms with Gasteiger partial charge in [-0.15, -0.1) is 0 Å². The molecule has 4 heteroatoms. The smallest absolute Gasteiger partial charge is 0.223 e. The van der Waals surface area contributed by atoms with Gasteiger partial charge < -0.3 is 14.5 Å². The van der Waals surface area contributed by atoms with Gasteiger partial charge in [0.25, 0.3) is 0 Å². The molecule has 1 heterocycles. The molecule has 2 aliphatic rings. The van der Waals surface area contributed by atoms with E-state index >= 15 is 0 Å². The number of anilines is 1. The molecular weight excluding hydrogens is 372 g/mol. The summed E-state index contributed by atoms with van der Waals surface area (Å²) in [7, 11) is 1.71. The largest absolute Gasteiger partial charge is 0.497 e. The number of hydrogen-bond donors (Lipinski definition) is 0. The number of carbonyl (C=O) groups is 1. The van der Waals surface area contributed by atoms with Crippen LogP contribution in [0.1, 0.15) is 29.9 Å². The summed E-state index contributed by atoms with van der Waals surface area (Å²) in [5, 5.41) is 2.42. The van der Waals surface area contributed by atoms with Gasteiger partial charge in [-0.3, -0.25) is 4.79 Å². The first-order valence-corrected chi connectivity index (χ1v) is 10.9. The molecule has 0 radical (unpaired) electrons.